The first-order valence-corrected chi connectivity index (χ1v) is 13.0. The minimum absolute atomic E-state index is 0.137. The Bertz CT molecular complexity index is 1420. The lowest BCUT2D eigenvalue weighted by molar-refractivity contribution is 0.600. The summed E-state index contributed by atoms with van der Waals surface area (Å²) in [6, 6.07) is 20.2. The zero-order chi connectivity index (χ0) is 23.7. The van der Waals surface area contributed by atoms with Crippen LogP contribution in [0.15, 0.2) is 82.2 Å². The molecule has 0 radical (unpaired) electrons. The van der Waals surface area contributed by atoms with Gasteiger partial charge in [-0.05, 0) is 60.7 Å². The molecule has 1 N–H and O–H groups in total. The first kappa shape index (κ1) is 22.5. The highest BCUT2D eigenvalue weighted by Gasteiger charge is 2.25. The third kappa shape index (κ3) is 4.69. The molecule has 0 unspecified atom stereocenters. The molecule has 1 aromatic heterocycles. The minimum Gasteiger partial charge on any atom is -0.368 e. The third-order valence-corrected chi connectivity index (χ3v) is 7.56. The van der Waals surface area contributed by atoms with Gasteiger partial charge in [-0.2, -0.15) is 0 Å². The van der Waals surface area contributed by atoms with Crippen LogP contribution in [0, 0.1) is 5.82 Å². The highest BCUT2D eigenvalue weighted by atomic mass is 79.9. The van der Waals surface area contributed by atoms with E-state index < -0.39 is 10.0 Å². The maximum atomic E-state index is 13.3. The van der Waals surface area contributed by atoms with Gasteiger partial charge in [0.1, 0.15) is 5.82 Å². The van der Waals surface area contributed by atoms with Crippen LogP contribution in [0.25, 0.3) is 11.0 Å². The number of aromatic nitrogens is 2. The number of rotatable bonds is 5. The number of para-hydroxylation sites is 2. The van der Waals surface area contributed by atoms with Gasteiger partial charge in [0.05, 0.1) is 15.9 Å². The molecule has 1 aliphatic rings. The summed E-state index contributed by atoms with van der Waals surface area (Å²) in [7, 11) is -3.86. The zero-order valence-electron chi connectivity index (χ0n) is 18.0. The number of nitrogens with zero attached hydrogens (tertiary/aromatic N) is 4. The molecule has 5 rings (SSSR count). The van der Waals surface area contributed by atoms with Crippen molar-refractivity contribution in [1.82, 2.24) is 9.97 Å². The summed E-state index contributed by atoms with van der Waals surface area (Å²) in [5.41, 5.74) is 2.23. The molecule has 4 aromatic rings. The van der Waals surface area contributed by atoms with Gasteiger partial charge in [-0.15, -0.1) is 0 Å². The Morgan fingerprint density at radius 3 is 2.03 bits per heavy atom. The standard InChI is InChI=1S/C24H21BrFN5O2S/c25-17-5-11-20(12-6-17)34(32,33)29-23-24(28-22-4-2-1-3-21(22)27-23)31-15-13-30(14-16-31)19-9-7-18(26)8-10-19/h1-12H,13-16H2,(H,27,29). The van der Waals surface area contributed by atoms with Gasteiger partial charge in [0.15, 0.2) is 11.6 Å². The summed E-state index contributed by atoms with van der Waals surface area (Å²) in [5, 5.41) is 0. The van der Waals surface area contributed by atoms with Crippen molar-refractivity contribution in [3.63, 3.8) is 0 Å². The normalized spacial score (nSPS) is 14.4. The maximum Gasteiger partial charge on any atom is 0.263 e. The highest BCUT2D eigenvalue weighted by molar-refractivity contribution is 9.10. The molecule has 0 saturated carbocycles. The summed E-state index contributed by atoms with van der Waals surface area (Å²) >= 11 is 3.33. The van der Waals surface area contributed by atoms with E-state index in [1.165, 1.54) is 24.3 Å². The Morgan fingerprint density at radius 2 is 1.38 bits per heavy atom. The molecule has 174 valence electrons. The van der Waals surface area contributed by atoms with Crippen molar-refractivity contribution < 1.29 is 12.8 Å². The maximum absolute atomic E-state index is 13.3. The van der Waals surface area contributed by atoms with Crippen molar-refractivity contribution >= 4 is 54.3 Å². The summed E-state index contributed by atoms with van der Waals surface area (Å²) in [6.45, 7) is 2.58. The third-order valence-electron chi connectivity index (χ3n) is 5.68. The van der Waals surface area contributed by atoms with Crippen LogP contribution in [0.3, 0.4) is 0 Å². The number of hydrogen-bond acceptors (Lipinski definition) is 6. The van der Waals surface area contributed by atoms with Crippen molar-refractivity contribution in [2.75, 3.05) is 40.7 Å². The van der Waals surface area contributed by atoms with E-state index in [9.17, 15) is 12.8 Å². The monoisotopic (exact) mass is 541 g/mol. The second kappa shape index (κ2) is 9.19. The quantitative estimate of drug-likeness (QED) is 0.396. The molecule has 0 spiro atoms. The summed E-state index contributed by atoms with van der Waals surface area (Å²) < 4.78 is 42.9. The first-order chi connectivity index (χ1) is 16.4. The minimum atomic E-state index is -3.86. The number of anilines is 3. The fourth-order valence-corrected chi connectivity index (χ4v) is 5.18. The topological polar surface area (TPSA) is 78.4 Å². The van der Waals surface area contributed by atoms with E-state index >= 15 is 0 Å². The Morgan fingerprint density at radius 1 is 0.794 bits per heavy atom. The predicted molar refractivity (Wildman–Crippen MR) is 135 cm³/mol. The zero-order valence-corrected chi connectivity index (χ0v) is 20.4. The molecule has 3 aromatic carbocycles. The van der Waals surface area contributed by atoms with Gasteiger partial charge in [-0.25, -0.2) is 22.8 Å². The molecule has 0 atom stereocenters. The van der Waals surface area contributed by atoms with E-state index in [1.54, 1.807) is 30.3 Å². The van der Waals surface area contributed by atoms with Crippen LogP contribution >= 0.6 is 15.9 Å². The Labute approximate surface area is 205 Å². The van der Waals surface area contributed by atoms with E-state index in [1.807, 2.05) is 23.1 Å². The Kier molecular flexibility index (Phi) is 6.09. The van der Waals surface area contributed by atoms with Crippen LogP contribution < -0.4 is 14.5 Å². The summed E-state index contributed by atoms with van der Waals surface area (Å²) in [6.07, 6.45) is 0. The number of nitrogens with one attached hydrogen (secondary N) is 1. The number of sulfonamides is 1. The van der Waals surface area contributed by atoms with Gasteiger partial charge in [-0.3, -0.25) is 4.72 Å². The van der Waals surface area contributed by atoms with Crippen molar-refractivity contribution in [2.45, 2.75) is 4.90 Å². The molecule has 1 aliphatic heterocycles. The highest BCUT2D eigenvalue weighted by Crippen LogP contribution is 2.29. The van der Waals surface area contributed by atoms with Crippen molar-refractivity contribution in [3.05, 3.63) is 83.1 Å². The molecule has 2 heterocycles. The average molecular weight is 542 g/mol. The first-order valence-electron chi connectivity index (χ1n) is 10.7. The lowest BCUT2D eigenvalue weighted by Gasteiger charge is -2.37. The van der Waals surface area contributed by atoms with Crippen LogP contribution in [0.5, 0.6) is 0 Å². The summed E-state index contributed by atoms with van der Waals surface area (Å²) in [5.74, 6) is 0.409. The van der Waals surface area contributed by atoms with Gasteiger partial charge in [0.25, 0.3) is 10.0 Å². The second-order valence-corrected chi connectivity index (χ2v) is 10.5. The van der Waals surface area contributed by atoms with E-state index in [0.29, 0.717) is 43.0 Å². The van der Waals surface area contributed by atoms with Gasteiger partial charge in [0, 0.05) is 36.3 Å². The van der Waals surface area contributed by atoms with Crippen LogP contribution in [0.1, 0.15) is 0 Å². The van der Waals surface area contributed by atoms with Crippen LogP contribution in [0.4, 0.5) is 21.7 Å². The fraction of sp³-hybridized carbons (Fsp3) is 0.167. The molecule has 0 aliphatic carbocycles. The Balaban J connectivity index is 1.45. The largest absolute Gasteiger partial charge is 0.368 e. The predicted octanol–water partition coefficient (Wildman–Crippen LogP) is 4.66. The van der Waals surface area contributed by atoms with E-state index in [-0.39, 0.29) is 16.5 Å². The number of halogens is 2. The fourth-order valence-electron chi connectivity index (χ4n) is 3.91. The molecular formula is C24H21BrFN5O2S. The summed E-state index contributed by atoms with van der Waals surface area (Å²) in [4.78, 5) is 13.7. The van der Waals surface area contributed by atoms with Crippen molar-refractivity contribution in [1.29, 1.82) is 0 Å². The molecule has 7 nitrogen and oxygen atoms in total. The Hall–Kier alpha value is -3.24. The van der Waals surface area contributed by atoms with Crippen molar-refractivity contribution in [2.24, 2.45) is 0 Å². The molecule has 0 amide bonds. The molecule has 1 fully saturated rings. The second-order valence-electron chi connectivity index (χ2n) is 7.89. The van der Waals surface area contributed by atoms with E-state index in [4.69, 9.17) is 4.98 Å². The average Bonchev–Trinajstić information content (AvgIpc) is 2.84. The number of fused-ring (bicyclic) bond motifs is 1. The van der Waals surface area contributed by atoms with Crippen LogP contribution in [0.2, 0.25) is 0 Å². The smallest absolute Gasteiger partial charge is 0.263 e. The lowest BCUT2D eigenvalue weighted by atomic mass is 10.2. The van der Waals surface area contributed by atoms with Crippen molar-refractivity contribution in [3.8, 4) is 0 Å². The lowest BCUT2D eigenvalue weighted by Crippen LogP contribution is -2.47. The SMILES string of the molecule is O=S(=O)(Nc1nc2ccccc2nc1N1CCN(c2ccc(F)cc2)CC1)c1ccc(Br)cc1. The van der Waals surface area contributed by atoms with Gasteiger partial charge in [0.2, 0.25) is 0 Å². The molecule has 10 heteroatoms. The van der Waals surface area contributed by atoms with Crippen LogP contribution in [-0.4, -0.2) is 44.6 Å². The number of piperazine rings is 1. The van der Waals surface area contributed by atoms with E-state index in [2.05, 4.69) is 30.5 Å². The molecule has 1 saturated heterocycles. The number of benzene rings is 3. The van der Waals surface area contributed by atoms with Gasteiger partial charge < -0.3 is 9.80 Å². The van der Waals surface area contributed by atoms with Gasteiger partial charge >= 0.3 is 0 Å². The molecular weight excluding hydrogens is 521 g/mol. The van der Waals surface area contributed by atoms with E-state index in [0.717, 1.165) is 10.2 Å². The molecule has 34 heavy (non-hydrogen) atoms. The van der Waals surface area contributed by atoms with Crippen LogP contribution in [-0.2, 0) is 10.0 Å². The molecule has 0 bridgehead atoms. The number of hydrogen-bond donors (Lipinski definition) is 1. The van der Waals surface area contributed by atoms with Gasteiger partial charge in [-0.1, -0.05) is 28.1 Å².